The predicted octanol–water partition coefficient (Wildman–Crippen LogP) is 5.23. The van der Waals surface area contributed by atoms with Gasteiger partial charge in [-0.1, -0.05) is 11.6 Å². The van der Waals surface area contributed by atoms with Crippen LogP contribution in [0.25, 0.3) is 10.9 Å². The maximum Gasteiger partial charge on any atom is 0.145 e. The van der Waals surface area contributed by atoms with E-state index in [0.29, 0.717) is 40.2 Å². The Morgan fingerprint density at radius 1 is 1.26 bits per heavy atom. The lowest BCUT2D eigenvalue weighted by atomic mass is 10.1. The van der Waals surface area contributed by atoms with Gasteiger partial charge in [0.2, 0.25) is 0 Å². The summed E-state index contributed by atoms with van der Waals surface area (Å²) in [6.07, 6.45) is 5.70. The van der Waals surface area contributed by atoms with Crippen LogP contribution >= 0.6 is 11.6 Å². The van der Waals surface area contributed by atoms with Crippen molar-refractivity contribution in [3.05, 3.63) is 65.5 Å². The summed E-state index contributed by atoms with van der Waals surface area (Å²) in [6, 6.07) is 10.3. The molecule has 0 amide bonds. The number of hydrogen-bond donors (Lipinski definition) is 2. The van der Waals surface area contributed by atoms with Crippen LogP contribution in [0, 0.1) is 17.1 Å². The molecule has 0 aliphatic carbocycles. The number of halogens is 2. The van der Waals surface area contributed by atoms with E-state index in [1.54, 1.807) is 18.6 Å². The zero-order valence-corrected chi connectivity index (χ0v) is 21.6. The van der Waals surface area contributed by atoms with Crippen molar-refractivity contribution in [3.63, 3.8) is 0 Å². The lowest BCUT2D eigenvalue weighted by Crippen LogP contribution is -2.37. The molecule has 0 radical (unpaired) electrons. The number of aromatic amines is 1. The van der Waals surface area contributed by atoms with Crippen molar-refractivity contribution in [2.75, 3.05) is 56.7 Å². The van der Waals surface area contributed by atoms with Crippen LogP contribution in [0.4, 0.5) is 27.3 Å². The summed E-state index contributed by atoms with van der Waals surface area (Å²) >= 11 is 5.99. The molecule has 1 fully saturated rings. The number of nitrogens with zero attached hydrogens (tertiary/aromatic N) is 5. The average molecular weight is 536 g/mol. The van der Waals surface area contributed by atoms with E-state index in [2.05, 4.69) is 31.2 Å². The first-order valence-corrected chi connectivity index (χ1v) is 12.6. The van der Waals surface area contributed by atoms with Gasteiger partial charge in [0.1, 0.15) is 23.5 Å². The van der Waals surface area contributed by atoms with Gasteiger partial charge in [-0.15, -0.1) is 0 Å². The van der Waals surface area contributed by atoms with Crippen LogP contribution in [-0.4, -0.2) is 66.4 Å². The highest BCUT2D eigenvalue weighted by Crippen LogP contribution is 2.39. The fourth-order valence-corrected chi connectivity index (χ4v) is 4.56. The molecule has 2 aromatic heterocycles. The average Bonchev–Trinajstić information content (AvgIpc) is 3.48. The van der Waals surface area contributed by atoms with Gasteiger partial charge in [-0.25, -0.2) is 9.37 Å². The number of nitrogens with one attached hydrogen (secondary N) is 2. The molecule has 0 bridgehead atoms. The first-order chi connectivity index (χ1) is 18.5. The SMILES string of the molecule is CN(c1cnc[nH]1)c1cc2c(Nc3ccc(F)c(Cl)c3)c(C#N)cnc2cc1OCCCN1CCOCC1. The number of rotatable bonds is 9. The third-order valence-electron chi connectivity index (χ3n) is 6.44. The molecule has 2 aromatic carbocycles. The fraction of sp³-hybridized carbons (Fsp3) is 0.296. The Morgan fingerprint density at radius 2 is 2.11 bits per heavy atom. The van der Waals surface area contributed by atoms with Gasteiger partial charge in [0.15, 0.2) is 0 Å². The minimum Gasteiger partial charge on any atom is -0.491 e. The molecule has 5 rings (SSSR count). The zero-order chi connectivity index (χ0) is 26.5. The highest BCUT2D eigenvalue weighted by Gasteiger charge is 2.18. The molecule has 0 atom stereocenters. The van der Waals surface area contributed by atoms with Crippen molar-refractivity contribution in [2.24, 2.45) is 0 Å². The summed E-state index contributed by atoms with van der Waals surface area (Å²) in [7, 11) is 1.91. The number of hydrogen-bond acceptors (Lipinski definition) is 8. The van der Waals surface area contributed by atoms with Gasteiger partial charge in [0.25, 0.3) is 0 Å². The minimum atomic E-state index is -0.517. The van der Waals surface area contributed by atoms with E-state index in [-0.39, 0.29) is 5.02 Å². The Labute approximate surface area is 224 Å². The van der Waals surface area contributed by atoms with E-state index >= 15 is 0 Å². The largest absolute Gasteiger partial charge is 0.491 e. The molecule has 2 N–H and O–H groups in total. The zero-order valence-electron chi connectivity index (χ0n) is 20.9. The topological polar surface area (TPSA) is 102 Å². The fourth-order valence-electron chi connectivity index (χ4n) is 4.38. The maximum absolute atomic E-state index is 13.7. The highest BCUT2D eigenvalue weighted by molar-refractivity contribution is 6.31. The van der Waals surface area contributed by atoms with Gasteiger partial charge >= 0.3 is 0 Å². The summed E-state index contributed by atoms with van der Waals surface area (Å²) in [5.41, 5.74) is 2.84. The van der Waals surface area contributed by atoms with E-state index < -0.39 is 5.82 Å². The van der Waals surface area contributed by atoms with Crippen molar-refractivity contribution in [3.8, 4) is 11.8 Å². The molecule has 4 aromatic rings. The second-order valence-corrected chi connectivity index (χ2v) is 9.31. The first-order valence-electron chi connectivity index (χ1n) is 12.3. The van der Waals surface area contributed by atoms with E-state index in [4.69, 9.17) is 21.1 Å². The lowest BCUT2D eigenvalue weighted by molar-refractivity contribution is 0.0358. The molecule has 9 nitrogen and oxygen atoms in total. The summed E-state index contributed by atoms with van der Waals surface area (Å²) in [4.78, 5) is 16.1. The first kappa shape index (κ1) is 25.7. The molecule has 196 valence electrons. The second-order valence-electron chi connectivity index (χ2n) is 8.90. The standard InChI is InChI=1S/C27H27ClFN7O2/c1-35(26-16-31-17-33-26)24-12-20-23(13-25(24)38-8-2-5-36-6-9-37-10-7-36)32-15-18(14-30)27(20)34-19-3-4-22(29)21(28)11-19/h3-4,11-13,15-17H,2,5-10H2,1H3,(H,31,33)(H,32,34). The predicted molar refractivity (Wildman–Crippen MR) is 145 cm³/mol. The molecule has 0 unspecified atom stereocenters. The number of fused-ring (bicyclic) bond motifs is 1. The Kier molecular flexibility index (Phi) is 7.89. The van der Waals surface area contributed by atoms with Gasteiger partial charge in [-0.2, -0.15) is 5.26 Å². The Bertz CT molecular complexity index is 1450. The van der Waals surface area contributed by atoms with Crippen molar-refractivity contribution in [2.45, 2.75) is 6.42 Å². The van der Waals surface area contributed by atoms with Crippen LogP contribution in [0.5, 0.6) is 5.75 Å². The normalized spacial score (nSPS) is 13.8. The minimum absolute atomic E-state index is 0.0145. The van der Waals surface area contributed by atoms with Crippen LogP contribution in [0.3, 0.4) is 0 Å². The number of imidazole rings is 1. The molecular formula is C27H27ClFN7O2. The van der Waals surface area contributed by atoms with E-state index in [9.17, 15) is 9.65 Å². The molecule has 0 spiro atoms. The van der Waals surface area contributed by atoms with Crippen LogP contribution < -0.4 is 15.0 Å². The third kappa shape index (κ3) is 5.65. The number of morpholine rings is 1. The van der Waals surface area contributed by atoms with Gasteiger partial charge in [0, 0.05) is 50.0 Å². The Balaban J connectivity index is 1.49. The summed E-state index contributed by atoms with van der Waals surface area (Å²) < 4.78 is 25.4. The molecular weight excluding hydrogens is 509 g/mol. The van der Waals surface area contributed by atoms with Crippen LogP contribution in [0.15, 0.2) is 49.1 Å². The number of H-pyrrole nitrogens is 1. The number of anilines is 4. The van der Waals surface area contributed by atoms with Gasteiger partial charge in [0.05, 0.1) is 59.8 Å². The monoisotopic (exact) mass is 535 g/mol. The number of benzene rings is 2. The van der Waals surface area contributed by atoms with Crippen molar-refractivity contribution in [1.29, 1.82) is 5.26 Å². The summed E-state index contributed by atoms with van der Waals surface area (Å²) in [5, 5.41) is 13.7. The number of pyridine rings is 1. The highest BCUT2D eigenvalue weighted by atomic mass is 35.5. The summed E-state index contributed by atoms with van der Waals surface area (Å²) in [6.45, 7) is 4.86. The maximum atomic E-state index is 13.7. The Morgan fingerprint density at radius 3 is 2.84 bits per heavy atom. The number of aromatic nitrogens is 3. The molecule has 3 heterocycles. The number of nitriles is 1. The van der Waals surface area contributed by atoms with E-state index in [1.165, 1.54) is 18.3 Å². The van der Waals surface area contributed by atoms with Crippen molar-refractivity contribution < 1.29 is 13.9 Å². The van der Waals surface area contributed by atoms with Crippen LogP contribution in [0.2, 0.25) is 5.02 Å². The van der Waals surface area contributed by atoms with Gasteiger partial charge in [-0.3, -0.25) is 9.88 Å². The smallest absolute Gasteiger partial charge is 0.145 e. The van der Waals surface area contributed by atoms with Crippen molar-refractivity contribution >= 4 is 45.4 Å². The van der Waals surface area contributed by atoms with E-state index in [0.717, 1.165) is 50.8 Å². The molecule has 1 aliphatic rings. The van der Waals surface area contributed by atoms with Crippen LogP contribution in [0.1, 0.15) is 12.0 Å². The quantitative estimate of drug-likeness (QED) is 0.281. The third-order valence-corrected chi connectivity index (χ3v) is 6.73. The molecule has 11 heteroatoms. The summed E-state index contributed by atoms with van der Waals surface area (Å²) in [5.74, 6) is 0.910. The Hall–Kier alpha value is -3.91. The van der Waals surface area contributed by atoms with E-state index in [1.807, 2.05) is 24.1 Å². The molecule has 1 aliphatic heterocycles. The molecule has 1 saturated heterocycles. The number of ether oxygens (including phenoxy) is 2. The van der Waals surface area contributed by atoms with Gasteiger partial charge < -0.3 is 24.7 Å². The molecule has 38 heavy (non-hydrogen) atoms. The van der Waals surface area contributed by atoms with Gasteiger partial charge in [-0.05, 0) is 30.7 Å². The molecule has 0 saturated carbocycles. The second kappa shape index (κ2) is 11.6. The van der Waals surface area contributed by atoms with Crippen LogP contribution in [-0.2, 0) is 4.74 Å². The van der Waals surface area contributed by atoms with Crippen molar-refractivity contribution in [1.82, 2.24) is 19.9 Å². The lowest BCUT2D eigenvalue weighted by Gasteiger charge is -2.26.